The number of aryl methyl sites for hydroxylation is 1. The molecule has 15 heavy (non-hydrogen) atoms. The van der Waals surface area contributed by atoms with Crippen LogP contribution in [0.1, 0.15) is 24.8 Å². The molecule has 1 nitrogen and oxygen atoms in total. The van der Waals surface area contributed by atoms with E-state index in [1.165, 1.54) is 25.0 Å². The van der Waals surface area contributed by atoms with E-state index >= 15 is 0 Å². The molecule has 1 saturated carbocycles. The molecule has 2 N–H and O–H groups in total. The van der Waals surface area contributed by atoms with Crippen LogP contribution in [0, 0.1) is 11.7 Å². The molecule has 1 aromatic carbocycles. The summed E-state index contributed by atoms with van der Waals surface area (Å²) in [6.07, 6.45) is 4.31. The molecule has 82 valence electrons. The highest BCUT2D eigenvalue weighted by molar-refractivity contribution is 6.31. The van der Waals surface area contributed by atoms with Crippen molar-refractivity contribution in [3.63, 3.8) is 0 Å². The van der Waals surface area contributed by atoms with Crippen LogP contribution in [0.4, 0.5) is 4.39 Å². The largest absolute Gasteiger partial charge is 0.327 e. The first kappa shape index (κ1) is 10.9. The predicted molar refractivity (Wildman–Crippen MR) is 60.4 cm³/mol. The summed E-state index contributed by atoms with van der Waals surface area (Å²) in [7, 11) is 0. The van der Waals surface area contributed by atoms with Gasteiger partial charge in [0.1, 0.15) is 5.82 Å². The van der Waals surface area contributed by atoms with Crippen LogP contribution in [-0.4, -0.2) is 6.04 Å². The first-order valence-corrected chi connectivity index (χ1v) is 5.74. The number of hydrogen-bond acceptors (Lipinski definition) is 1. The summed E-state index contributed by atoms with van der Waals surface area (Å²) in [5.74, 6) is 0.430. The van der Waals surface area contributed by atoms with Gasteiger partial charge in [-0.15, -0.1) is 0 Å². The molecule has 0 radical (unpaired) electrons. The van der Waals surface area contributed by atoms with E-state index < -0.39 is 0 Å². The van der Waals surface area contributed by atoms with Gasteiger partial charge in [0.2, 0.25) is 0 Å². The second-order valence-electron chi connectivity index (χ2n) is 4.28. The lowest BCUT2D eigenvalue weighted by atomic mass is 10.0. The predicted octanol–water partition coefficient (Wildman–Crippen LogP) is 3.15. The average molecular weight is 228 g/mol. The minimum Gasteiger partial charge on any atom is -0.327 e. The Bertz CT molecular complexity index is 349. The normalized spacial score (nSPS) is 17.8. The van der Waals surface area contributed by atoms with E-state index in [0.29, 0.717) is 10.9 Å². The van der Waals surface area contributed by atoms with E-state index in [-0.39, 0.29) is 11.9 Å². The van der Waals surface area contributed by atoms with Gasteiger partial charge in [-0.1, -0.05) is 17.7 Å². The fraction of sp³-hybridized carbons (Fsp3) is 0.500. The zero-order valence-electron chi connectivity index (χ0n) is 8.55. The van der Waals surface area contributed by atoms with Crippen molar-refractivity contribution in [1.82, 2.24) is 0 Å². The zero-order chi connectivity index (χ0) is 10.8. The molecule has 1 fully saturated rings. The first-order valence-electron chi connectivity index (χ1n) is 5.36. The van der Waals surface area contributed by atoms with Gasteiger partial charge in [0.05, 0.1) is 0 Å². The molecule has 0 amide bonds. The van der Waals surface area contributed by atoms with Gasteiger partial charge >= 0.3 is 0 Å². The van der Waals surface area contributed by atoms with Crippen molar-refractivity contribution in [3.8, 4) is 0 Å². The Morgan fingerprint density at radius 1 is 1.47 bits per heavy atom. The molecular weight excluding hydrogens is 213 g/mol. The van der Waals surface area contributed by atoms with Gasteiger partial charge in [-0.2, -0.15) is 0 Å². The van der Waals surface area contributed by atoms with E-state index in [1.807, 2.05) is 0 Å². The molecule has 0 saturated heterocycles. The van der Waals surface area contributed by atoms with Gasteiger partial charge in [-0.05, 0) is 49.3 Å². The fourth-order valence-corrected chi connectivity index (χ4v) is 2.07. The molecule has 0 aromatic heterocycles. The van der Waals surface area contributed by atoms with Gasteiger partial charge in [0, 0.05) is 11.1 Å². The molecule has 0 bridgehead atoms. The molecule has 1 aromatic rings. The maximum Gasteiger partial charge on any atom is 0.124 e. The van der Waals surface area contributed by atoms with Crippen LogP contribution in [0.3, 0.4) is 0 Å². The summed E-state index contributed by atoms with van der Waals surface area (Å²) in [6.45, 7) is 0. The Morgan fingerprint density at radius 2 is 2.20 bits per heavy atom. The number of halogens is 2. The van der Waals surface area contributed by atoms with Crippen LogP contribution < -0.4 is 5.73 Å². The SMILES string of the molecule is NC(CCc1ccc(F)cc1Cl)C1CC1. The van der Waals surface area contributed by atoms with E-state index in [1.54, 1.807) is 6.07 Å². The summed E-state index contributed by atoms with van der Waals surface area (Å²) < 4.78 is 12.8. The topological polar surface area (TPSA) is 26.0 Å². The van der Waals surface area contributed by atoms with Gasteiger partial charge in [-0.3, -0.25) is 0 Å². The number of nitrogens with two attached hydrogens (primary N) is 1. The molecule has 1 unspecified atom stereocenters. The number of hydrogen-bond donors (Lipinski definition) is 1. The van der Waals surface area contributed by atoms with Crippen molar-refractivity contribution < 1.29 is 4.39 Å². The third-order valence-corrected chi connectivity index (χ3v) is 3.34. The maximum absolute atomic E-state index is 12.8. The highest BCUT2D eigenvalue weighted by Crippen LogP contribution is 2.33. The van der Waals surface area contributed by atoms with Crippen molar-refractivity contribution in [2.45, 2.75) is 31.7 Å². The van der Waals surface area contributed by atoms with E-state index in [2.05, 4.69) is 0 Å². The lowest BCUT2D eigenvalue weighted by Crippen LogP contribution is -2.22. The Morgan fingerprint density at radius 3 is 2.80 bits per heavy atom. The minimum absolute atomic E-state index is 0.282. The summed E-state index contributed by atoms with van der Waals surface area (Å²) in [4.78, 5) is 0. The van der Waals surface area contributed by atoms with Gasteiger partial charge in [0.25, 0.3) is 0 Å². The highest BCUT2D eigenvalue weighted by atomic mass is 35.5. The Balaban J connectivity index is 1.92. The second-order valence-corrected chi connectivity index (χ2v) is 4.68. The maximum atomic E-state index is 12.8. The van der Waals surface area contributed by atoms with Crippen LogP contribution in [0.2, 0.25) is 5.02 Å². The quantitative estimate of drug-likeness (QED) is 0.840. The number of rotatable bonds is 4. The average Bonchev–Trinajstić information content (AvgIpc) is 2.99. The monoisotopic (exact) mass is 227 g/mol. The molecule has 1 aliphatic carbocycles. The van der Waals surface area contributed by atoms with Crippen LogP contribution in [0.15, 0.2) is 18.2 Å². The van der Waals surface area contributed by atoms with Crippen molar-refractivity contribution >= 4 is 11.6 Å². The lowest BCUT2D eigenvalue weighted by Gasteiger charge is -2.10. The molecule has 2 rings (SSSR count). The van der Waals surface area contributed by atoms with Gasteiger partial charge in [-0.25, -0.2) is 4.39 Å². The molecule has 1 atom stereocenters. The smallest absolute Gasteiger partial charge is 0.124 e. The van der Waals surface area contributed by atoms with Gasteiger partial charge in [0.15, 0.2) is 0 Å². The highest BCUT2D eigenvalue weighted by Gasteiger charge is 2.27. The molecule has 1 aliphatic rings. The minimum atomic E-state index is -0.282. The summed E-state index contributed by atoms with van der Waals surface area (Å²) in [5, 5.41) is 0.512. The third-order valence-electron chi connectivity index (χ3n) is 2.99. The Hall–Kier alpha value is -0.600. The van der Waals surface area contributed by atoms with E-state index in [0.717, 1.165) is 18.4 Å². The van der Waals surface area contributed by atoms with Crippen LogP contribution in [0.5, 0.6) is 0 Å². The van der Waals surface area contributed by atoms with Crippen molar-refractivity contribution in [3.05, 3.63) is 34.6 Å². The Labute approximate surface area is 94.4 Å². The molecule has 3 heteroatoms. The molecule has 0 spiro atoms. The van der Waals surface area contributed by atoms with E-state index in [9.17, 15) is 4.39 Å². The summed E-state index contributed by atoms with van der Waals surface area (Å²) in [5.41, 5.74) is 6.98. The van der Waals surface area contributed by atoms with Crippen LogP contribution in [-0.2, 0) is 6.42 Å². The van der Waals surface area contributed by atoms with Crippen LogP contribution >= 0.6 is 11.6 Å². The molecule has 0 heterocycles. The second kappa shape index (κ2) is 4.50. The molecular formula is C12H15ClFN. The van der Waals surface area contributed by atoms with Crippen molar-refractivity contribution in [1.29, 1.82) is 0 Å². The zero-order valence-corrected chi connectivity index (χ0v) is 9.30. The summed E-state index contributed by atoms with van der Waals surface area (Å²) >= 11 is 5.93. The fourth-order valence-electron chi connectivity index (χ4n) is 1.81. The standard InChI is InChI=1S/C12H15ClFN/c13-11-7-10(14)5-3-8(11)4-6-12(15)9-1-2-9/h3,5,7,9,12H,1-2,4,6,15H2. The lowest BCUT2D eigenvalue weighted by molar-refractivity contribution is 0.549. The first-order chi connectivity index (χ1) is 7.16. The van der Waals surface area contributed by atoms with E-state index in [4.69, 9.17) is 17.3 Å². The molecule has 0 aliphatic heterocycles. The third kappa shape index (κ3) is 2.93. The van der Waals surface area contributed by atoms with Crippen molar-refractivity contribution in [2.24, 2.45) is 11.7 Å². The Kier molecular flexibility index (Phi) is 3.27. The number of benzene rings is 1. The summed E-state index contributed by atoms with van der Waals surface area (Å²) in [6, 6.07) is 4.84. The van der Waals surface area contributed by atoms with Gasteiger partial charge < -0.3 is 5.73 Å². The van der Waals surface area contributed by atoms with Crippen molar-refractivity contribution in [2.75, 3.05) is 0 Å². The van der Waals surface area contributed by atoms with Crippen LogP contribution in [0.25, 0.3) is 0 Å².